The van der Waals surface area contributed by atoms with Crippen molar-refractivity contribution in [3.8, 4) is 0 Å². The molecule has 0 bridgehead atoms. The van der Waals surface area contributed by atoms with Crippen LogP contribution in [0.4, 0.5) is 5.69 Å². The highest BCUT2D eigenvalue weighted by molar-refractivity contribution is 5.85. The lowest BCUT2D eigenvalue weighted by Crippen LogP contribution is -2.20. The summed E-state index contributed by atoms with van der Waals surface area (Å²) >= 11 is 0. The highest BCUT2D eigenvalue weighted by atomic mass is 35.5. The van der Waals surface area contributed by atoms with E-state index in [-0.39, 0.29) is 12.4 Å². The molecule has 1 aromatic heterocycles. The van der Waals surface area contributed by atoms with Crippen LogP contribution in [0.15, 0.2) is 10.7 Å². The highest BCUT2D eigenvalue weighted by Gasteiger charge is 2.17. The monoisotopic (exact) mass is 202 g/mol. The molecule has 0 aromatic carbocycles. The van der Waals surface area contributed by atoms with Crippen molar-refractivity contribution in [1.29, 1.82) is 0 Å². The van der Waals surface area contributed by atoms with E-state index in [1.807, 2.05) is 6.92 Å². The van der Waals surface area contributed by atoms with E-state index in [9.17, 15) is 0 Å². The van der Waals surface area contributed by atoms with Gasteiger partial charge in [0.05, 0.1) is 11.9 Å². The Kier molecular flexibility index (Phi) is 3.60. The summed E-state index contributed by atoms with van der Waals surface area (Å²) < 4.78 is 4.94. The lowest BCUT2D eigenvalue weighted by atomic mass is 9.85. The molecule has 0 unspecified atom stereocenters. The summed E-state index contributed by atoms with van der Waals surface area (Å²) in [5, 5.41) is 7.04. The standard InChI is InChI=1S/C9H14N2O.ClH/c1-7-9(6-11-12-7)10-5-8-3-2-4-8;/h6,8,10H,2-5H2,1H3;1H. The Morgan fingerprint density at radius 3 is 2.85 bits per heavy atom. The van der Waals surface area contributed by atoms with E-state index in [0.29, 0.717) is 0 Å². The lowest BCUT2D eigenvalue weighted by molar-refractivity contribution is 0.333. The smallest absolute Gasteiger partial charge is 0.156 e. The average molecular weight is 203 g/mol. The van der Waals surface area contributed by atoms with E-state index in [4.69, 9.17) is 4.52 Å². The maximum atomic E-state index is 4.94. The summed E-state index contributed by atoms with van der Waals surface area (Å²) in [5.41, 5.74) is 1.04. The first kappa shape index (κ1) is 10.4. The summed E-state index contributed by atoms with van der Waals surface area (Å²) in [6, 6.07) is 0. The minimum atomic E-state index is 0. The molecule has 1 aliphatic carbocycles. The van der Waals surface area contributed by atoms with Crippen LogP contribution in [0.1, 0.15) is 25.0 Å². The first-order valence-electron chi connectivity index (χ1n) is 4.51. The zero-order valence-electron chi connectivity index (χ0n) is 7.75. The zero-order valence-corrected chi connectivity index (χ0v) is 8.56. The number of nitrogens with zero attached hydrogens (tertiary/aromatic N) is 1. The second-order valence-corrected chi connectivity index (χ2v) is 3.47. The lowest BCUT2D eigenvalue weighted by Gasteiger charge is -2.25. The largest absolute Gasteiger partial charge is 0.381 e. The molecular formula is C9H15ClN2O. The number of halogens is 1. The van der Waals surface area contributed by atoms with Crippen molar-refractivity contribution in [1.82, 2.24) is 5.16 Å². The number of rotatable bonds is 3. The first-order valence-corrected chi connectivity index (χ1v) is 4.51. The molecule has 13 heavy (non-hydrogen) atoms. The molecular weight excluding hydrogens is 188 g/mol. The van der Waals surface area contributed by atoms with E-state index in [2.05, 4.69) is 10.5 Å². The van der Waals surface area contributed by atoms with Crippen molar-refractivity contribution in [2.75, 3.05) is 11.9 Å². The van der Waals surface area contributed by atoms with Crippen LogP contribution in [0.25, 0.3) is 0 Å². The predicted molar refractivity (Wildman–Crippen MR) is 54.3 cm³/mol. The second-order valence-electron chi connectivity index (χ2n) is 3.47. The Morgan fingerprint density at radius 1 is 1.62 bits per heavy atom. The molecule has 1 heterocycles. The van der Waals surface area contributed by atoms with Crippen molar-refractivity contribution >= 4 is 18.1 Å². The number of aromatic nitrogens is 1. The number of hydrogen-bond acceptors (Lipinski definition) is 3. The van der Waals surface area contributed by atoms with Crippen LogP contribution in [0, 0.1) is 12.8 Å². The van der Waals surface area contributed by atoms with Gasteiger partial charge in [0.2, 0.25) is 0 Å². The van der Waals surface area contributed by atoms with Crippen LogP contribution in [0.2, 0.25) is 0 Å². The molecule has 0 saturated heterocycles. The molecule has 3 nitrogen and oxygen atoms in total. The molecule has 1 fully saturated rings. The van der Waals surface area contributed by atoms with Crippen LogP contribution in [0.3, 0.4) is 0 Å². The summed E-state index contributed by atoms with van der Waals surface area (Å²) in [4.78, 5) is 0. The van der Waals surface area contributed by atoms with Gasteiger partial charge >= 0.3 is 0 Å². The Balaban J connectivity index is 0.000000845. The van der Waals surface area contributed by atoms with Crippen molar-refractivity contribution in [2.45, 2.75) is 26.2 Å². The van der Waals surface area contributed by atoms with Gasteiger partial charge in [-0.1, -0.05) is 11.6 Å². The van der Waals surface area contributed by atoms with Gasteiger partial charge in [0.15, 0.2) is 5.76 Å². The first-order chi connectivity index (χ1) is 5.86. The number of aryl methyl sites for hydroxylation is 1. The fraction of sp³-hybridized carbons (Fsp3) is 0.667. The quantitative estimate of drug-likeness (QED) is 0.819. The Bertz CT molecular complexity index is 258. The SMILES string of the molecule is Cc1oncc1NCC1CCC1.Cl. The molecule has 4 heteroatoms. The second kappa shape index (κ2) is 4.51. The van der Waals surface area contributed by atoms with Gasteiger partial charge < -0.3 is 9.84 Å². The molecule has 0 spiro atoms. The van der Waals surface area contributed by atoms with Crippen LogP contribution in [0.5, 0.6) is 0 Å². The Morgan fingerprint density at radius 2 is 2.38 bits per heavy atom. The van der Waals surface area contributed by atoms with E-state index in [1.54, 1.807) is 6.20 Å². The van der Waals surface area contributed by atoms with Crippen LogP contribution < -0.4 is 5.32 Å². The van der Waals surface area contributed by atoms with E-state index in [1.165, 1.54) is 19.3 Å². The maximum Gasteiger partial charge on any atom is 0.156 e. The molecule has 74 valence electrons. The zero-order chi connectivity index (χ0) is 8.39. The van der Waals surface area contributed by atoms with Gasteiger partial charge in [-0.2, -0.15) is 0 Å². The third kappa shape index (κ3) is 2.37. The third-order valence-corrected chi connectivity index (χ3v) is 2.56. The predicted octanol–water partition coefficient (Wildman–Crippen LogP) is 2.62. The van der Waals surface area contributed by atoms with Crippen LogP contribution in [-0.2, 0) is 0 Å². The van der Waals surface area contributed by atoms with E-state index in [0.717, 1.165) is 23.9 Å². The van der Waals surface area contributed by atoms with Crippen LogP contribution in [-0.4, -0.2) is 11.7 Å². The summed E-state index contributed by atoms with van der Waals surface area (Å²) in [5.74, 6) is 1.76. The molecule has 1 saturated carbocycles. The van der Waals surface area contributed by atoms with Gasteiger partial charge in [-0.25, -0.2) is 0 Å². The molecule has 1 N–H and O–H groups in total. The topological polar surface area (TPSA) is 38.1 Å². The fourth-order valence-corrected chi connectivity index (χ4v) is 1.42. The van der Waals surface area contributed by atoms with Gasteiger partial charge in [-0.15, -0.1) is 12.4 Å². The number of hydrogen-bond donors (Lipinski definition) is 1. The fourth-order valence-electron chi connectivity index (χ4n) is 1.42. The highest BCUT2D eigenvalue weighted by Crippen LogP contribution is 2.26. The number of anilines is 1. The van der Waals surface area contributed by atoms with E-state index < -0.39 is 0 Å². The normalized spacial score (nSPS) is 16.1. The van der Waals surface area contributed by atoms with Gasteiger partial charge in [0.25, 0.3) is 0 Å². The minimum absolute atomic E-state index is 0. The Labute approximate surface area is 84.3 Å². The van der Waals surface area contributed by atoms with Gasteiger partial charge in [-0.05, 0) is 25.7 Å². The molecule has 0 amide bonds. The van der Waals surface area contributed by atoms with Crippen molar-refractivity contribution in [3.63, 3.8) is 0 Å². The third-order valence-electron chi connectivity index (χ3n) is 2.56. The van der Waals surface area contributed by atoms with Gasteiger partial charge in [0, 0.05) is 6.54 Å². The Hall–Kier alpha value is -0.700. The van der Waals surface area contributed by atoms with Crippen molar-refractivity contribution in [2.24, 2.45) is 5.92 Å². The number of nitrogens with one attached hydrogen (secondary N) is 1. The maximum absolute atomic E-state index is 4.94. The van der Waals surface area contributed by atoms with Crippen molar-refractivity contribution < 1.29 is 4.52 Å². The summed E-state index contributed by atoms with van der Waals surface area (Å²) in [7, 11) is 0. The molecule has 0 radical (unpaired) electrons. The average Bonchev–Trinajstić information content (AvgIpc) is 2.33. The van der Waals surface area contributed by atoms with E-state index >= 15 is 0 Å². The molecule has 0 atom stereocenters. The molecule has 0 aliphatic heterocycles. The summed E-state index contributed by atoms with van der Waals surface area (Å²) in [6.45, 7) is 3.00. The van der Waals surface area contributed by atoms with Crippen LogP contribution >= 0.6 is 12.4 Å². The van der Waals surface area contributed by atoms with Crippen molar-refractivity contribution in [3.05, 3.63) is 12.0 Å². The molecule has 2 rings (SSSR count). The minimum Gasteiger partial charge on any atom is -0.381 e. The molecule has 1 aliphatic rings. The van der Waals surface area contributed by atoms with Gasteiger partial charge in [0.1, 0.15) is 0 Å². The van der Waals surface area contributed by atoms with Gasteiger partial charge in [-0.3, -0.25) is 0 Å². The molecule has 1 aromatic rings. The summed E-state index contributed by atoms with van der Waals surface area (Å²) in [6.07, 6.45) is 5.89.